The molecule has 33 heavy (non-hydrogen) atoms. The zero-order chi connectivity index (χ0) is 24.0. The second-order valence-corrected chi connectivity index (χ2v) is 9.58. The van der Waals surface area contributed by atoms with E-state index in [1.165, 1.54) is 0 Å². The Morgan fingerprint density at radius 2 is 1.94 bits per heavy atom. The Labute approximate surface area is 210 Å². The van der Waals surface area contributed by atoms with Gasteiger partial charge in [-0.2, -0.15) is 0 Å². The van der Waals surface area contributed by atoms with Crippen LogP contribution in [0, 0.1) is 6.92 Å². The molecule has 2 aromatic rings. The standard InChI is InChI=1S/C24H29Cl3N4O2/c1-15-9-16(11-18(25)10-15)14-31-8-6-19(30-22(24(31)33)5-7-28-2)13-29-23(32)17-3-4-20(26)21(27)12-17/h3-4,9-12,19,22,28,30H,5-8,13-14H2,1-2H3,(H,29,32). The first-order valence-electron chi connectivity index (χ1n) is 11.0. The van der Waals surface area contributed by atoms with E-state index in [0.717, 1.165) is 11.1 Å². The second-order valence-electron chi connectivity index (χ2n) is 8.33. The van der Waals surface area contributed by atoms with E-state index in [0.29, 0.717) is 59.7 Å². The van der Waals surface area contributed by atoms with Crippen molar-refractivity contribution in [1.29, 1.82) is 0 Å². The summed E-state index contributed by atoms with van der Waals surface area (Å²) in [5.74, 6) is -0.176. The molecule has 1 fully saturated rings. The fourth-order valence-electron chi connectivity index (χ4n) is 3.97. The topological polar surface area (TPSA) is 73.5 Å². The number of hydrogen-bond donors (Lipinski definition) is 3. The van der Waals surface area contributed by atoms with Gasteiger partial charge in [-0.25, -0.2) is 0 Å². The lowest BCUT2D eigenvalue weighted by Gasteiger charge is -2.25. The largest absolute Gasteiger partial charge is 0.350 e. The van der Waals surface area contributed by atoms with Gasteiger partial charge in [-0.15, -0.1) is 0 Å². The summed E-state index contributed by atoms with van der Waals surface area (Å²) in [6.45, 7) is 4.17. The maximum absolute atomic E-state index is 13.3. The van der Waals surface area contributed by atoms with E-state index in [1.54, 1.807) is 18.2 Å². The molecule has 2 atom stereocenters. The monoisotopic (exact) mass is 510 g/mol. The molecule has 0 saturated carbocycles. The summed E-state index contributed by atoms with van der Waals surface area (Å²) in [5.41, 5.74) is 2.51. The first kappa shape index (κ1) is 25.8. The van der Waals surface area contributed by atoms with Crippen LogP contribution in [-0.2, 0) is 11.3 Å². The van der Waals surface area contributed by atoms with Crippen LogP contribution in [0.3, 0.4) is 0 Å². The number of carbonyl (C=O) groups is 2. The third-order valence-corrected chi connectivity index (χ3v) is 6.60. The van der Waals surface area contributed by atoms with Gasteiger partial charge in [-0.05, 0) is 74.8 Å². The van der Waals surface area contributed by atoms with Crippen LogP contribution in [0.15, 0.2) is 36.4 Å². The molecule has 6 nitrogen and oxygen atoms in total. The molecule has 2 unspecified atom stereocenters. The number of halogens is 3. The number of nitrogens with one attached hydrogen (secondary N) is 3. The van der Waals surface area contributed by atoms with Gasteiger partial charge in [0.2, 0.25) is 5.91 Å². The Hall–Kier alpha value is -1.83. The minimum absolute atomic E-state index is 0.0476. The van der Waals surface area contributed by atoms with Gasteiger partial charge >= 0.3 is 0 Å². The number of rotatable bonds is 8. The number of carbonyl (C=O) groups excluding carboxylic acids is 2. The lowest BCUT2D eigenvalue weighted by molar-refractivity contribution is -0.133. The first-order valence-corrected chi connectivity index (χ1v) is 12.1. The molecule has 0 radical (unpaired) electrons. The van der Waals surface area contributed by atoms with Crippen molar-refractivity contribution in [3.63, 3.8) is 0 Å². The van der Waals surface area contributed by atoms with Gasteiger partial charge in [0.25, 0.3) is 5.91 Å². The molecule has 0 aliphatic carbocycles. The molecule has 0 bridgehead atoms. The Morgan fingerprint density at radius 1 is 1.15 bits per heavy atom. The highest BCUT2D eigenvalue weighted by molar-refractivity contribution is 6.42. The average molecular weight is 512 g/mol. The second kappa shape index (κ2) is 12.0. The molecular weight excluding hydrogens is 483 g/mol. The lowest BCUT2D eigenvalue weighted by atomic mass is 10.1. The molecule has 2 amide bonds. The molecule has 9 heteroatoms. The van der Waals surface area contributed by atoms with Crippen molar-refractivity contribution in [3.8, 4) is 0 Å². The number of nitrogens with zero attached hydrogens (tertiary/aromatic N) is 1. The van der Waals surface area contributed by atoms with Gasteiger partial charge in [0.1, 0.15) is 0 Å². The van der Waals surface area contributed by atoms with E-state index in [9.17, 15) is 9.59 Å². The van der Waals surface area contributed by atoms with Crippen LogP contribution < -0.4 is 16.0 Å². The van der Waals surface area contributed by atoms with Crippen molar-refractivity contribution in [1.82, 2.24) is 20.9 Å². The first-order chi connectivity index (χ1) is 15.8. The maximum Gasteiger partial charge on any atom is 0.251 e. The minimum atomic E-state index is -0.341. The van der Waals surface area contributed by atoms with Crippen LogP contribution in [-0.4, -0.2) is 55.5 Å². The third kappa shape index (κ3) is 7.33. The van der Waals surface area contributed by atoms with Crippen LogP contribution in [0.5, 0.6) is 0 Å². The van der Waals surface area contributed by atoms with Gasteiger partial charge in [0.05, 0.1) is 16.1 Å². The van der Waals surface area contributed by atoms with Crippen LogP contribution >= 0.6 is 34.8 Å². The smallest absolute Gasteiger partial charge is 0.251 e. The quantitative estimate of drug-likeness (QED) is 0.500. The molecule has 2 aromatic carbocycles. The van der Waals surface area contributed by atoms with E-state index in [1.807, 2.05) is 31.0 Å². The fraction of sp³-hybridized carbons (Fsp3) is 0.417. The van der Waals surface area contributed by atoms with Gasteiger partial charge in [0, 0.05) is 36.3 Å². The van der Waals surface area contributed by atoms with E-state index >= 15 is 0 Å². The van der Waals surface area contributed by atoms with Crippen molar-refractivity contribution in [2.45, 2.75) is 38.4 Å². The number of hydrogen-bond acceptors (Lipinski definition) is 4. The van der Waals surface area contributed by atoms with Crippen molar-refractivity contribution < 1.29 is 9.59 Å². The van der Waals surface area contributed by atoms with E-state index in [-0.39, 0.29) is 23.9 Å². The summed E-state index contributed by atoms with van der Waals surface area (Å²) < 4.78 is 0. The normalized spacial score (nSPS) is 18.8. The van der Waals surface area contributed by atoms with Gasteiger partial charge < -0.3 is 20.9 Å². The molecule has 178 valence electrons. The van der Waals surface area contributed by atoms with Crippen LogP contribution in [0.2, 0.25) is 15.1 Å². The Morgan fingerprint density at radius 3 is 2.64 bits per heavy atom. The number of amides is 2. The van der Waals surface area contributed by atoms with Crippen LogP contribution in [0.1, 0.15) is 34.3 Å². The average Bonchev–Trinajstić information content (AvgIpc) is 2.91. The molecule has 1 heterocycles. The summed E-state index contributed by atoms with van der Waals surface area (Å²) in [5, 5.41) is 10.9. The summed E-state index contributed by atoms with van der Waals surface area (Å²) in [6.07, 6.45) is 1.36. The van der Waals surface area contributed by atoms with Crippen molar-refractivity contribution in [2.75, 3.05) is 26.7 Å². The molecule has 3 N–H and O–H groups in total. The summed E-state index contributed by atoms with van der Waals surface area (Å²) in [4.78, 5) is 27.7. The zero-order valence-electron chi connectivity index (χ0n) is 18.8. The van der Waals surface area contributed by atoms with E-state index in [4.69, 9.17) is 34.8 Å². The summed E-state index contributed by atoms with van der Waals surface area (Å²) >= 11 is 18.2. The number of benzene rings is 2. The highest BCUT2D eigenvalue weighted by Crippen LogP contribution is 2.23. The predicted octanol–water partition coefficient (Wildman–Crippen LogP) is 4.05. The zero-order valence-corrected chi connectivity index (χ0v) is 21.0. The molecule has 3 rings (SSSR count). The molecule has 0 spiro atoms. The summed E-state index contributed by atoms with van der Waals surface area (Å²) in [6, 6.07) is 10.3. The maximum atomic E-state index is 13.3. The molecule has 0 aromatic heterocycles. The van der Waals surface area contributed by atoms with Gasteiger partial charge in [0.15, 0.2) is 0 Å². The van der Waals surface area contributed by atoms with E-state index in [2.05, 4.69) is 22.0 Å². The third-order valence-electron chi connectivity index (χ3n) is 5.64. The van der Waals surface area contributed by atoms with Gasteiger partial charge in [-0.1, -0.05) is 40.9 Å². The SMILES string of the molecule is CNCCC1NC(CNC(=O)c2ccc(Cl)c(Cl)c2)CCN(Cc2cc(C)cc(Cl)c2)C1=O. The summed E-state index contributed by atoms with van der Waals surface area (Å²) in [7, 11) is 1.86. The molecule has 1 aliphatic heterocycles. The van der Waals surface area contributed by atoms with Crippen molar-refractivity contribution in [3.05, 3.63) is 68.2 Å². The van der Waals surface area contributed by atoms with Crippen LogP contribution in [0.4, 0.5) is 0 Å². The highest BCUT2D eigenvalue weighted by Gasteiger charge is 2.30. The Bertz CT molecular complexity index is 981. The highest BCUT2D eigenvalue weighted by atomic mass is 35.5. The minimum Gasteiger partial charge on any atom is -0.350 e. The van der Waals surface area contributed by atoms with Crippen molar-refractivity contribution >= 4 is 46.6 Å². The Kier molecular flexibility index (Phi) is 9.41. The fourth-order valence-corrected chi connectivity index (χ4v) is 4.58. The van der Waals surface area contributed by atoms with Crippen molar-refractivity contribution in [2.24, 2.45) is 0 Å². The Balaban J connectivity index is 1.68. The molecule has 1 saturated heterocycles. The molecular formula is C24H29Cl3N4O2. The van der Waals surface area contributed by atoms with Gasteiger partial charge in [-0.3, -0.25) is 9.59 Å². The van der Waals surface area contributed by atoms with E-state index < -0.39 is 0 Å². The lowest BCUT2D eigenvalue weighted by Crippen LogP contribution is -2.49. The van der Waals surface area contributed by atoms with Crippen LogP contribution in [0.25, 0.3) is 0 Å². The number of aryl methyl sites for hydroxylation is 1. The molecule has 1 aliphatic rings. The predicted molar refractivity (Wildman–Crippen MR) is 134 cm³/mol.